The summed E-state index contributed by atoms with van der Waals surface area (Å²) >= 11 is 0. The summed E-state index contributed by atoms with van der Waals surface area (Å²) < 4.78 is 27.2. The highest BCUT2D eigenvalue weighted by Gasteiger charge is 2.29. The molecule has 5 heteroatoms. The van der Waals surface area contributed by atoms with E-state index in [1.54, 1.807) is 4.31 Å². The number of rotatable bonds is 3. The highest BCUT2D eigenvalue weighted by molar-refractivity contribution is 7.89. The highest BCUT2D eigenvalue weighted by atomic mass is 32.2. The summed E-state index contributed by atoms with van der Waals surface area (Å²) in [5, 5.41) is 0. The van der Waals surface area contributed by atoms with Crippen LogP contribution in [0.15, 0.2) is 17.0 Å². The third-order valence-corrected chi connectivity index (χ3v) is 6.23. The molecule has 0 aromatic heterocycles. The summed E-state index contributed by atoms with van der Waals surface area (Å²) in [4.78, 5) is 2.74. The average molecular weight is 296 g/mol. The van der Waals surface area contributed by atoms with Gasteiger partial charge in [0.05, 0.1) is 4.90 Å². The van der Waals surface area contributed by atoms with Gasteiger partial charge in [-0.25, -0.2) is 8.42 Å². The number of aryl methyl sites for hydroxylation is 3. The summed E-state index contributed by atoms with van der Waals surface area (Å²) in [6, 6.07) is 3.77. The largest absolute Gasteiger partial charge is 0.301 e. The van der Waals surface area contributed by atoms with Crippen LogP contribution >= 0.6 is 0 Å². The molecule has 1 fully saturated rings. The zero-order chi connectivity index (χ0) is 14.9. The van der Waals surface area contributed by atoms with Gasteiger partial charge in [-0.2, -0.15) is 4.31 Å². The zero-order valence-electron chi connectivity index (χ0n) is 12.8. The first-order valence-corrected chi connectivity index (χ1v) is 8.60. The number of hydrogen-bond acceptors (Lipinski definition) is 3. The smallest absolute Gasteiger partial charge is 0.243 e. The molecule has 1 aliphatic heterocycles. The van der Waals surface area contributed by atoms with Crippen LogP contribution in [0.2, 0.25) is 0 Å². The second-order valence-corrected chi connectivity index (χ2v) is 7.45. The van der Waals surface area contributed by atoms with Gasteiger partial charge in [0.15, 0.2) is 0 Å². The molecular weight excluding hydrogens is 272 g/mol. The van der Waals surface area contributed by atoms with E-state index < -0.39 is 10.0 Å². The minimum Gasteiger partial charge on any atom is -0.301 e. The fourth-order valence-corrected chi connectivity index (χ4v) is 4.35. The summed E-state index contributed by atoms with van der Waals surface area (Å²) in [5.74, 6) is 0. The molecule has 2 rings (SSSR count). The first-order chi connectivity index (χ1) is 9.36. The lowest BCUT2D eigenvalue weighted by molar-refractivity contribution is 0.196. The number of benzene rings is 1. The van der Waals surface area contributed by atoms with Crippen molar-refractivity contribution in [3.8, 4) is 0 Å². The highest BCUT2D eigenvalue weighted by Crippen LogP contribution is 2.24. The number of nitrogens with zero attached hydrogens (tertiary/aromatic N) is 2. The Labute approximate surface area is 122 Å². The van der Waals surface area contributed by atoms with Gasteiger partial charge >= 0.3 is 0 Å². The fraction of sp³-hybridized carbons (Fsp3) is 0.600. The van der Waals surface area contributed by atoms with Crippen molar-refractivity contribution >= 4 is 10.0 Å². The maximum absolute atomic E-state index is 12.8. The molecule has 0 atom stereocenters. The maximum Gasteiger partial charge on any atom is 0.243 e. The molecule has 1 aliphatic rings. The number of sulfonamides is 1. The molecular formula is C15H24N2O2S. The molecule has 0 spiro atoms. The van der Waals surface area contributed by atoms with E-state index in [4.69, 9.17) is 0 Å². The predicted molar refractivity (Wildman–Crippen MR) is 81.5 cm³/mol. The molecule has 0 aliphatic carbocycles. The molecule has 1 heterocycles. The Morgan fingerprint density at radius 3 is 2.05 bits per heavy atom. The number of likely N-dealkylation sites (N-methyl/N-ethyl adjacent to an activating group) is 1. The SMILES string of the molecule is CCN1CCN(S(=O)(=O)c2cc(C)c(C)cc2C)CC1. The van der Waals surface area contributed by atoms with Crippen molar-refractivity contribution in [2.45, 2.75) is 32.6 Å². The Balaban J connectivity index is 2.30. The molecule has 0 unspecified atom stereocenters. The molecule has 0 radical (unpaired) electrons. The van der Waals surface area contributed by atoms with E-state index in [-0.39, 0.29) is 0 Å². The Kier molecular flexibility index (Phi) is 4.52. The Morgan fingerprint density at radius 1 is 0.950 bits per heavy atom. The second-order valence-electron chi connectivity index (χ2n) is 5.54. The van der Waals surface area contributed by atoms with Crippen molar-refractivity contribution in [1.29, 1.82) is 0 Å². The van der Waals surface area contributed by atoms with Crippen molar-refractivity contribution in [3.05, 3.63) is 28.8 Å². The van der Waals surface area contributed by atoms with Gasteiger partial charge in [0, 0.05) is 26.2 Å². The zero-order valence-corrected chi connectivity index (χ0v) is 13.6. The number of piperazine rings is 1. The first kappa shape index (κ1) is 15.5. The Morgan fingerprint density at radius 2 is 1.50 bits per heavy atom. The molecule has 1 saturated heterocycles. The Bertz CT molecular complexity index is 588. The van der Waals surface area contributed by atoms with Gasteiger partial charge in [-0.05, 0) is 50.1 Å². The third kappa shape index (κ3) is 2.90. The first-order valence-electron chi connectivity index (χ1n) is 7.16. The van der Waals surface area contributed by atoms with Crippen LogP contribution in [0.1, 0.15) is 23.6 Å². The van der Waals surface area contributed by atoms with Gasteiger partial charge in [-0.1, -0.05) is 13.0 Å². The lowest BCUT2D eigenvalue weighted by Crippen LogP contribution is -2.48. The molecule has 0 bridgehead atoms. The quantitative estimate of drug-likeness (QED) is 0.856. The molecule has 1 aromatic rings. The Hall–Kier alpha value is -0.910. The van der Waals surface area contributed by atoms with Crippen LogP contribution < -0.4 is 0 Å². The van der Waals surface area contributed by atoms with Crippen LogP contribution in [0.5, 0.6) is 0 Å². The van der Waals surface area contributed by atoms with E-state index in [0.29, 0.717) is 18.0 Å². The van der Waals surface area contributed by atoms with Crippen LogP contribution in [-0.2, 0) is 10.0 Å². The second kappa shape index (κ2) is 5.84. The molecule has 1 aromatic carbocycles. The maximum atomic E-state index is 12.8. The van der Waals surface area contributed by atoms with Crippen LogP contribution in [0.3, 0.4) is 0 Å². The molecule has 0 N–H and O–H groups in total. The van der Waals surface area contributed by atoms with E-state index in [1.165, 1.54) is 0 Å². The van der Waals surface area contributed by atoms with E-state index in [9.17, 15) is 8.42 Å². The van der Waals surface area contributed by atoms with Crippen molar-refractivity contribution in [2.24, 2.45) is 0 Å². The van der Waals surface area contributed by atoms with Gasteiger partial charge in [-0.15, -0.1) is 0 Å². The lowest BCUT2D eigenvalue weighted by atomic mass is 10.1. The summed E-state index contributed by atoms with van der Waals surface area (Å²) in [6.07, 6.45) is 0. The monoisotopic (exact) mass is 296 g/mol. The lowest BCUT2D eigenvalue weighted by Gasteiger charge is -2.33. The van der Waals surface area contributed by atoms with Crippen LogP contribution in [0, 0.1) is 20.8 Å². The van der Waals surface area contributed by atoms with Crippen LogP contribution in [0.25, 0.3) is 0 Å². The predicted octanol–water partition coefficient (Wildman–Crippen LogP) is 1.94. The van der Waals surface area contributed by atoms with Crippen molar-refractivity contribution < 1.29 is 8.42 Å². The molecule has 4 nitrogen and oxygen atoms in total. The van der Waals surface area contributed by atoms with E-state index in [0.717, 1.165) is 36.3 Å². The molecule has 112 valence electrons. The third-order valence-electron chi connectivity index (χ3n) is 4.19. The van der Waals surface area contributed by atoms with Crippen LogP contribution in [-0.4, -0.2) is 50.3 Å². The van der Waals surface area contributed by atoms with E-state index in [2.05, 4.69) is 11.8 Å². The minimum absolute atomic E-state index is 0.463. The number of hydrogen-bond donors (Lipinski definition) is 0. The summed E-state index contributed by atoms with van der Waals surface area (Å²) in [6.45, 7) is 11.8. The average Bonchev–Trinajstić information content (AvgIpc) is 2.42. The standard InChI is InChI=1S/C15H24N2O2S/c1-5-16-6-8-17(9-7-16)20(18,19)15-11-13(3)12(2)10-14(15)4/h10-11H,5-9H2,1-4H3. The summed E-state index contributed by atoms with van der Waals surface area (Å²) in [5.41, 5.74) is 3.00. The fourth-order valence-electron chi connectivity index (χ4n) is 2.64. The van der Waals surface area contributed by atoms with Gasteiger partial charge < -0.3 is 4.90 Å². The normalized spacial score (nSPS) is 18.4. The van der Waals surface area contributed by atoms with Gasteiger partial charge in [-0.3, -0.25) is 0 Å². The van der Waals surface area contributed by atoms with Gasteiger partial charge in [0.25, 0.3) is 0 Å². The molecule has 20 heavy (non-hydrogen) atoms. The van der Waals surface area contributed by atoms with Crippen LogP contribution in [0.4, 0.5) is 0 Å². The van der Waals surface area contributed by atoms with Crippen molar-refractivity contribution in [1.82, 2.24) is 9.21 Å². The van der Waals surface area contributed by atoms with Gasteiger partial charge in [0.2, 0.25) is 10.0 Å². The molecule has 0 saturated carbocycles. The van der Waals surface area contributed by atoms with E-state index >= 15 is 0 Å². The van der Waals surface area contributed by atoms with Crippen molar-refractivity contribution in [3.63, 3.8) is 0 Å². The minimum atomic E-state index is -3.36. The topological polar surface area (TPSA) is 40.6 Å². The van der Waals surface area contributed by atoms with Gasteiger partial charge in [0.1, 0.15) is 0 Å². The van der Waals surface area contributed by atoms with E-state index in [1.807, 2.05) is 32.9 Å². The van der Waals surface area contributed by atoms with Crippen molar-refractivity contribution in [2.75, 3.05) is 32.7 Å². The molecule has 0 amide bonds. The summed E-state index contributed by atoms with van der Waals surface area (Å²) in [7, 11) is -3.36.